The molecule has 1 aliphatic heterocycles. The molecule has 1 aliphatic rings. The van der Waals surface area contributed by atoms with Crippen LogP contribution >= 0.6 is 0 Å². The summed E-state index contributed by atoms with van der Waals surface area (Å²) in [6.45, 7) is 3.39. The van der Waals surface area contributed by atoms with E-state index in [9.17, 15) is 14.7 Å². The van der Waals surface area contributed by atoms with Crippen molar-refractivity contribution in [1.29, 1.82) is 0 Å². The smallest absolute Gasteiger partial charge is 0.362 e. The molecule has 2 aromatic carbocycles. The van der Waals surface area contributed by atoms with E-state index >= 15 is 0 Å². The largest absolute Gasteiger partial charge is 0.462 e. The highest BCUT2D eigenvalue weighted by atomic mass is 16.6. The van der Waals surface area contributed by atoms with Crippen molar-refractivity contribution < 1.29 is 19.4 Å². The van der Waals surface area contributed by atoms with E-state index in [1.54, 1.807) is 26.0 Å². The van der Waals surface area contributed by atoms with Crippen LogP contribution in [0.25, 0.3) is 11.1 Å². The summed E-state index contributed by atoms with van der Waals surface area (Å²) in [4.78, 5) is 25.0. The number of ether oxygens (including phenoxy) is 1. The van der Waals surface area contributed by atoms with Gasteiger partial charge in [0.05, 0.1) is 6.61 Å². The summed E-state index contributed by atoms with van der Waals surface area (Å²) in [5.74, 6) is -1.44. The van der Waals surface area contributed by atoms with Crippen molar-refractivity contribution in [2.45, 2.75) is 26.0 Å². The summed E-state index contributed by atoms with van der Waals surface area (Å²) in [5, 5.41) is 15.6. The van der Waals surface area contributed by atoms with Crippen molar-refractivity contribution in [3.05, 3.63) is 60.2 Å². The van der Waals surface area contributed by atoms with E-state index < -0.39 is 17.6 Å². The molecule has 0 spiro atoms. The molecule has 0 bridgehead atoms. The molecule has 0 aliphatic carbocycles. The Morgan fingerprint density at radius 3 is 2.35 bits per heavy atom. The topological polar surface area (TPSA) is 79.2 Å². The Labute approximate surface area is 151 Å². The predicted molar refractivity (Wildman–Crippen MR) is 97.4 cm³/mol. The zero-order valence-corrected chi connectivity index (χ0v) is 14.7. The number of aliphatic hydroxyl groups is 1. The molecular formula is C20H20N2O4. The van der Waals surface area contributed by atoms with E-state index in [0.29, 0.717) is 11.3 Å². The molecule has 0 fully saturated rings. The third kappa shape index (κ3) is 3.23. The maximum atomic E-state index is 12.8. The Hall–Kier alpha value is -2.99. The molecular weight excluding hydrogens is 332 g/mol. The molecule has 0 saturated heterocycles. The van der Waals surface area contributed by atoms with E-state index in [0.717, 1.165) is 16.1 Å². The third-order valence-electron chi connectivity index (χ3n) is 4.16. The predicted octanol–water partition coefficient (Wildman–Crippen LogP) is 2.83. The molecule has 1 heterocycles. The highest BCUT2D eigenvalue weighted by Crippen LogP contribution is 2.29. The van der Waals surface area contributed by atoms with Crippen LogP contribution in [0, 0.1) is 0 Å². The Morgan fingerprint density at radius 1 is 1.12 bits per heavy atom. The first-order valence-electron chi connectivity index (χ1n) is 8.39. The summed E-state index contributed by atoms with van der Waals surface area (Å²) >= 11 is 0. The fraction of sp³-hybridized carbons (Fsp3) is 0.250. The SMILES string of the molecule is CCOC(=O)[C@@]1(O)CC(C)=NN1C(=O)c1ccc(-c2ccccc2)cc1. The molecule has 0 radical (unpaired) electrons. The lowest BCUT2D eigenvalue weighted by atomic mass is 10.0. The van der Waals surface area contributed by atoms with E-state index in [4.69, 9.17) is 4.74 Å². The molecule has 6 heteroatoms. The maximum absolute atomic E-state index is 12.8. The molecule has 26 heavy (non-hydrogen) atoms. The first kappa shape index (κ1) is 17.8. The minimum Gasteiger partial charge on any atom is -0.462 e. The van der Waals surface area contributed by atoms with Gasteiger partial charge in [-0.2, -0.15) is 10.1 Å². The zero-order chi connectivity index (χ0) is 18.7. The standard InChI is InChI=1S/C20H20N2O4/c1-3-26-19(24)20(25)13-14(2)21-22(20)18(23)17-11-9-16(10-12-17)15-7-5-4-6-8-15/h4-12,25H,3,13H2,1-2H3/t20-/m0/s1. The average molecular weight is 352 g/mol. The second-order valence-corrected chi connectivity index (χ2v) is 6.11. The van der Waals surface area contributed by atoms with Gasteiger partial charge in [-0.3, -0.25) is 4.79 Å². The average Bonchev–Trinajstić information content (AvgIpc) is 2.98. The number of amides is 1. The minimum atomic E-state index is -2.10. The van der Waals surface area contributed by atoms with Gasteiger partial charge in [0.25, 0.3) is 11.6 Å². The van der Waals surface area contributed by atoms with E-state index in [2.05, 4.69) is 5.10 Å². The monoisotopic (exact) mass is 352 g/mol. The number of hydrazone groups is 1. The number of carbonyl (C=O) groups is 2. The van der Waals surface area contributed by atoms with Gasteiger partial charge < -0.3 is 9.84 Å². The maximum Gasteiger partial charge on any atom is 0.362 e. The van der Waals surface area contributed by atoms with Crippen LogP contribution < -0.4 is 0 Å². The van der Waals surface area contributed by atoms with Crippen LogP contribution in [0.2, 0.25) is 0 Å². The van der Waals surface area contributed by atoms with Gasteiger partial charge in [-0.05, 0) is 37.1 Å². The van der Waals surface area contributed by atoms with Crippen LogP contribution in [-0.2, 0) is 9.53 Å². The number of nitrogens with zero attached hydrogens (tertiary/aromatic N) is 2. The molecule has 0 unspecified atom stereocenters. The van der Waals surface area contributed by atoms with Gasteiger partial charge in [-0.25, -0.2) is 4.79 Å². The number of hydrogen-bond acceptors (Lipinski definition) is 5. The van der Waals surface area contributed by atoms with Gasteiger partial charge in [-0.1, -0.05) is 42.5 Å². The van der Waals surface area contributed by atoms with Gasteiger partial charge in [0.15, 0.2) is 0 Å². The van der Waals surface area contributed by atoms with E-state index in [-0.39, 0.29) is 13.0 Å². The number of rotatable bonds is 4. The minimum absolute atomic E-state index is 0.0698. The van der Waals surface area contributed by atoms with Crippen LogP contribution in [-0.4, -0.2) is 40.0 Å². The summed E-state index contributed by atoms with van der Waals surface area (Å²) < 4.78 is 4.91. The third-order valence-corrected chi connectivity index (χ3v) is 4.16. The van der Waals surface area contributed by atoms with Crippen LogP contribution in [0.15, 0.2) is 59.7 Å². The quantitative estimate of drug-likeness (QED) is 0.858. The number of benzene rings is 2. The molecule has 6 nitrogen and oxygen atoms in total. The summed E-state index contributed by atoms with van der Waals surface area (Å²) in [6, 6.07) is 16.7. The first-order valence-corrected chi connectivity index (χ1v) is 8.39. The van der Waals surface area contributed by atoms with Crippen molar-refractivity contribution in [3.63, 3.8) is 0 Å². The van der Waals surface area contributed by atoms with E-state index in [1.807, 2.05) is 42.5 Å². The Balaban J connectivity index is 1.87. The molecule has 3 rings (SSSR count). The van der Waals surface area contributed by atoms with Crippen LogP contribution in [0.4, 0.5) is 0 Å². The fourth-order valence-electron chi connectivity index (χ4n) is 2.90. The van der Waals surface area contributed by atoms with Crippen molar-refractivity contribution >= 4 is 17.6 Å². The van der Waals surface area contributed by atoms with Gasteiger partial charge in [0.2, 0.25) is 0 Å². The highest BCUT2D eigenvalue weighted by molar-refractivity contribution is 6.02. The normalized spacial score (nSPS) is 19.2. The highest BCUT2D eigenvalue weighted by Gasteiger charge is 2.51. The molecule has 2 aromatic rings. The lowest BCUT2D eigenvalue weighted by Gasteiger charge is -2.28. The van der Waals surface area contributed by atoms with Crippen LogP contribution in [0.5, 0.6) is 0 Å². The molecule has 0 aromatic heterocycles. The Kier molecular flexibility index (Phi) is 4.86. The zero-order valence-electron chi connectivity index (χ0n) is 14.7. The first-order chi connectivity index (χ1) is 12.5. The molecule has 134 valence electrons. The van der Waals surface area contributed by atoms with Gasteiger partial charge >= 0.3 is 5.97 Å². The molecule has 1 amide bonds. The molecule has 0 saturated carbocycles. The van der Waals surface area contributed by atoms with Crippen molar-refractivity contribution in [2.24, 2.45) is 5.10 Å². The van der Waals surface area contributed by atoms with Crippen LogP contribution in [0.1, 0.15) is 30.6 Å². The summed E-state index contributed by atoms with van der Waals surface area (Å²) in [5.41, 5.74) is 0.698. The van der Waals surface area contributed by atoms with Gasteiger partial charge in [0, 0.05) is 17.7 Å². The van der Waals surface area contributed by atoms with Crippen molar-refractivity contribution in [2.75, 3.05) is 6.61 Å². The van der Waals surface area contributed by atoms with Crippen LogP contribution in [0.3, 0.4) is 0 Å². The summed E-state index contributed by atoms with van der Waals surface area (Å²) in [7, 11) is 0. The Bertz CT molecular complexity index is 846. The second-order valence-electron chi connectivity index (χ2n) is 6.11. The van der Waals surface area contributed by atoms with Gasteiger partial charge in [-0.15, -0.1) is 0 Å². The lowest BCUT2D eigenvalue weighted by molar-refractivity contribution is -0.179. The molecule has 1 N–H and O–H groups in total. The molecule has 1 atom stereocenters. The number of carbonyl (C=O) groups excluding carboxylic acids is 2. The Morgan fingerprint density at radius 2 is 1.73 bits per heavy atom. The second kappa shape index (κ2) is 7.09. The van der Waals surface area contributed by atoms with Crippen molar-refractivity contribution in [3.8, 4) is 11.1 Å². The lowest BCUT2D eigenvalue weighted by Crippen LogP contribution is -2.53. The fourth-order valence-corrected chi connectivity index (χ4v) is 2.90. The number of hydrogen-bond donors (Lipinski definition) is 1. The summed E-state index contributed by atoms with van der Waals surface area (Å²) in [6.07, 6.45) is -0.0698. The van der Waals surface area contributed by atoms with Crippen molar-refractivity contribution in [1.82, 2.24) is 5.01 Å². The van der Waals surface area contributed by atoms with E-state index in [1.165, 1.54) is 0 Å². The van der Waals surface area contributed by atoms with Gasteiger partial charge in [0.1, 0.15) is 0 Å². The number of esters is 1.